The summed E-state index contributed by atoms with van der Waals surface area (Å²) in [7, 11) is 0. The van der Waals surface area contributed by atoms with Crippen molar-refractivity contribution in [3.05, 3.63) is 35.6 Å². The highest BCUT2D eigenvalue weighted by Gasteiger charge is 2.40. The lowest BCUT2D eigenvalue weighted by molar-refractivity contribution is -0.0894. The lowest BCUT2D eigenvalue weighted by Crippen LogP contribution is -2.54. The van der Waals surface area contributed by atoms with Crippen LogP contribution in [-0.4, -0.2) is 24.8 Å². The van der Waals surface area contributed by atoms with Crippen LogP contribution in [0.1, 0.15) is 51.5 Å². The van der Waals surface area contributed by atoms with Crippen molar-refractivity contribution in [1.29, 1.82) is 0 Å². The monoisotopic (exact) mass is 293 g/mol. The molecule has 1 aliphatic rings. The van der Waals surface area contributed by atoms with E-state index in [9.17, 15) is 4.39 Å². The molecule has 1 unspecified atom stereocenters. The van der Waals surface area contributed by atoms with E-state index in [0.717, 1.165) is 38.0 Å². The summed E-state index contributed by atoms with van der Waals surface area (Å²) in [6.45, 7) is 5.85. The van der Waals surface area contributed by atoms with Gasteiger partial charge >= 0.3 is 0 Å². The number of likely N-dealkylation sites (N-methyl/N-ethyl adjacent to an activating group) is 1. The van der Waals surface area contributed by atoms with Crippen molar-refractivity contribution < 1.29 is 9.13 Å². The van der Waals surface area contributed by atoms with Gasteiger partial charge in [0.05, 0.1) is 5.60 Å². The van der Waals surface area contributed by atoms with Crippen molar-refractivity contribution in [2.75, 3.05) is 13.2 Å². The second kappa shape index (κ2) is 7.90. The van der Waals surface area contributed by atoms with Gasteiger partial charge in [-0.3, -0.25) is 0 Å². The maximum atomic E-state index is 13.4. The predicted molar refractivity (Wildman–Crippen MR) is 85.0 cm³/mol. The Labute approximate surface area is 128 Å². The molecule has 1 aromatic carbocycles. The van der Waals surface area contributed by atoms with E-state index in [4.69, 9.17) is 4.74 Å². The predicted octanol–water partition coefficient (Wildman–Crippen LogP) is 4.09. The minimum Gasteiger partial charge on any atom is -0.374 e. The molecule has 0 bridgehead atoms. The number of benzene rings is 1. The Balaban J connectivity index is 2.18. The first-order valence-electron chi connectivity index (χ1n) is 8.32. The van der Waals surface area contributed by atoms with Crippen LogP contribution in [0.15, 0.2) is 24.3 Å². The lowest BCUT2D eigenvalue weighted by atomic mass is 9.77. The lowest BCUT2D eigenvalue weighted by Gasteiger charge is -2.44. The average molecular weight is 293 g/mol. The molecule has 0 aromatic heterocycles. The standard InChI is InChI=1S/C18H28FNO/c1-3-20-17(14-15-9-8-10-16(19)13-15)18(21-4-2)11-6-5-7-12-18/h8-10,13,17,20H,3-7,11-12,14H2,1-2H3. The highest BCUT2D eigenvalue weighted by molar-refractivity contribution is 5.19. The third-order valence-electron chi connectivity index (χ3n) is 4.55. The van der Waals surface area contributed by atoms with Gasteiger partial charge in [-0.05, 0) is 50.4 Å². The Kier molecular flexibility index (Phi) is 6.19. The highest BCUT2D eigenvalue weighted by atomic mass is 19.1. The number of rotatable bonds is 7. The van der Waals surface area contributed by atoms with Gasteiger partial charge in [0.2, 0.25) is 0 Å². The zero-order chi connectivity index (χ0) is 15.1. The van der Waals surface area contributed by atoms with Crippen LogP contribution in [0, 0.1) is 5.82 Å². The molecule has 3 heteroatoms. The molecule has 0 amide bonds. The average Bonchev–Trinajstić information content (AvgIpc) is 2.48. The minimum atomic E-state index is -0.156. The van der Waals surface area contributed by atoms with E-state index in [0.29, 0.717) is 0 Å². The molecular weight excluding hydrogens is 265 g/mol. The van der Waals surface area contributed by atoms with E-state index >= 15 is 0 Å². The van der Waals surface area contributed by atoms with Crippen molar-refractivity contribution in [1.82, 2.24) is 5.32 Å². The SMILES string of the molecule is CCNC(Cc1cccc(F)c1)C1(OCC)CCCCC1. The number of hydrogen-bond donors (Lipinski definition) is 1. The van der Waals surface area contributed by atoms with Crippen LogP contribution < -0.4 is 5.32 Å². The Bertz CT molecular complexity index is 423. The molecule has 0 aliphatic heterocycles. The Morgan fingerprint density at radius 2 is 2.00 bits per heavy atom. The van der Waals surface area contributed by atoms with Crippen LogP contribution in [0.25, 0.3) is 0 Å². The van der Waals surface area contributed by atoms with Gasteiger partial charge in [0.1, 0.15) is 5.82 Å². The minimum absolute atomic E-state index is 0.0880. The fourth-order valence-corrected chi connectivity index (χ4v) is 3.62. The Morgan fingerprint density at radius 1 is 1.24 bits per heavy atom. The topological polar surface area (TPSA) is 21.3 Å². The first-order chi connectivity index (χ1) is 10.2. The first-order valence-corrected chi connectivity index (χ1v) is 8.32. The molecule has 1 fully saturated rings. The molecule has 0 saturated heterocycles. The third kappa shape index (κ3) is 4.27. The van der Waals surface area contributed by atoms with Gasteiger partial charge in [0, 0.05) is 12.6 Å². The molecule has 2 nitrogen and oxygen atoms in total. The summed E-state index contributed by atoms with van der Waals surface area (Å²) in [6.07, 6.45) is 6.79. The summed E-state index contributed by atoms with van der Waals surface area (Å²) in [6, 6.07) is 7.21. The second-order valence-corrected chi connectivity index (χ2v) is 6.00. The van der Waals surface area contributed by atoms with Gasteiger partial charge in [0.15, 0.2) is 0 Å². The van der Waals surface area contributed by atoms with Gasteiger partial charge < -0.3 is 10.1 Å². The van der Waals surface area contributed by atoms with Gasteiger partial charge in [-0.25, -0.2) is 4.39 Å². The van der Waals surface area contributed by atoms with E-state index in [1.54, 1.807) is 12.1 Å². The molecule has 1 saturated carbocycles. The summed E-state index contributed by atoms with van der Waals surface area (Å²) < 4.78 is 19.7. The van der Waals surface area contributed by atoms with Crippen molar-refractivity contribution in [2.24, 2.45) is 0 Å². The molecule has 0 spiro atoms. The molecule has 0 heterocycles. The number of hydrogen-bond acceptors (Lipinski definition) is 2. The van der Waals surface area contributed by atoms with Crippen molar-refractivity contribution >= 4 is 0 Å². The Hall–Kier alpha value is -0.930. The summed E-state index contributed by atoms with van der Waals surface area (Å²) in [5.41, 5.74) is 0.959. The summed E-state index contributed by atoms with van der Waals surface area (Å²) in [5, 5.41) is 3.60. The molecule has 1 aliphatic carbocycles. The van der Waals surface area contributed by atoms with Crippen molar-refractivity contribution in [3.63, 3.8) is 0 Å². The molecule has 1 N–H and O–H groups in total. The van der Waals surface area contributed by atoms with E-state index in [1.165, 1.54) is 25.3 Å². The molecule has 21 heavy (non-hydrogen) atoms. The smallest absolute Gasteiger partial charge is 0.123 e. The van der Waals surface area contributed by atoms with E-state index in [1.807, 2.05) is 6.07 Å². The Morgan fingerprint density at radius 3 is 2.62 bits per heavy atom. The largest absolute Gasteiger partial charge is 0.374 e. The second-order valence-electron chi connectivity index (χ2n) is 6.00. The number of ether oxygens (including phenoxy) is 1. The zero-order valence-corrected chi connectivity index (χ0v) is 13.3. The number of halogens is 1. The summed E-state index contributed by atoms with van der Waals surface area (Å²) in [5.74, 6) is -0.156. The first kappa shape index (κ1) is 16.4. The molecule has 1 atom stereocenters. The van der Waals surface area contributed by atoms with E-state index in [2.05, 4.69) is 19.2 Å². The fraction of sp³-hybridized carbons (Fsp3) is 0.667. The maximum absolute atomic E-state index is 13.4. The van der Waals surface area contributed by atoms with Gasteiger partial charge in [-0.2, -0.15) is 0 Å². The van der Waals surface area contributed by atoms with Crippen LogP contribution in [0.2, 0.25) is 0 Å². The zero-order valence-electron chi connectivity index (χ0n) is 13.3. The highest BCUT2D eigenvalue weighted by Crippen LogP contribution is 2.36. The quantitative estimate of drug-likeness (QED) is 0.817. The van der Waals surface area contributed by atoms with Gasteiger partial charge in [0.25, 0.3) is 0 Å². The van der Waals surface area contributed by atoms with Crippen LogP contribution in [0.5, 0.6) is 0 Å². The normalized spacial score (nSPS) is 19.4. The van der Waals surface area contributed by atoms with Gasteiger partial charge in [-0.1, -0.05) is 38.3 Å². The molecule has 1 aromatic rings. The summed E-state index contributed by atoms with van der Waals surface area (Å²) >= 11 is 0. The van der Waals surface area contributed by atoms with Crippen LogP contribution in [0.4, 0.5) is 4.39 Å². The van der Waals surface area contributed by atoms with Crippen LogP contribution in [0.3, 0.4) is 0 Å². The van der Waals surface area contributed by atoms with E-state index < -0.39 is 0 Å². The number of nitrogens with one attached hydrogen (secondary N) is 1. The fourth-order valence-electron chi connectivity index (χ4n) is 3.62. The molecule has 0 radical (unpaired) electrons. The molecule has 2 rings (SSSR count). The summed E-state index contributed by atoms with van der Waals surface area (Å²) in [4.78, 5) is 0. The molecular formula is C18H28FNO. The molecule has 118 valence electrons. The van der Waals surface area contributed by atoms with Crippen molar-refractivity contribution in [2.45, 2.75) is 64.0 Å². The third-order valence-corrected chi connectivity index (χ3v) is 4.55. The van der Waals surface area contributed by atoms with Gasteiger partial charge in [-0.15, -0.1) is 0 Å². The van der Waals surface area contributed by atoms with Crippen LogP contribution >= 0.6 is 0 Å². The van der Waals surface area contributed by atoms with Crippen molar-refractivity contribution in [3.8, 4) is 0 Å². The van der Waals surface area contributed by atoms with E-state index in [-0.39, 0.29) is 17.5 Å². The maximum Gasteiger partial charge on any atom is 0.123 e. The van der Waals surface area contributed by atoms with Crippen LogP contribution in [-0.2, 0) is 11.2 Å².